The topological polar surface area (TPSA) is 173 Å². The number of hydrogen-bond donors (Lipinski definition) is 0. The largest absolute Gasteiger partial charge is 0.459 e. The number of esters is 4. The molecule has 14 heteroatoms. The predicted octanol–water partition coefficient (Wildman–Crippen LogP) is 12.8. The first kappa shape index (κ1) is 53.7. The fraction of sp³-hybridized carbons (Fsp3) is 0.111. The van der Waals surface area contributed by atoms with Crippen molar-refractivity contribution in [2.45, 2.75) is 37.3 Å². The Morgan fingerprint density at radius 3 is 0.919 bits per heavy atom. The third-order valence-corrected chi connectivity index (χ3v) is 18.8. The molecule has 2 atom stereocenters. The molecule has 0 aliphatic heterocycles. The molecule has 6 aliphatic rings. The van der Waals surface area contributed by atoms with Crippen molar-refractivity contribution in [1.82, 2.24) is 0 Å². The van der Waals surface area contributed by atoms with Crippen molar-refractivity contribution < 1.29 is 57.3 Å². The van der Waals surface area contributed by atoms with Gasteiger partial charge in [-0.25, -0.2) is 0 Å². The van der Waals surface area contributed by atoms with Crippen molar-refractivity contribution in [3.63, 3.8) is 0 Å². The van der Waals surface area contributed by atoms with Crippen LogP contribution in [0.4, 0.5) is 0 Å². The molecule has 0 radical (unpaired) electrons. The number of ketones is 4. The molecule has 2 aromatic heterocycles. The van der Waals surface area contributed by atoms with Crippen molar-refractivity contribution in [2.75, 3.05) is 0 Å². The molecule has 14 rings (SSSR count). The molecule has 0 amide bonds. The lowest BCUT2D eigenvalue weighted by Crippen LogP contribution is -2.47. The van der Waals surface area contributed by atoms with E-state index in [1.165, 1.54) is 34.8 Å². The zero-order valence-electron chi connectivity index (χ0n) is 45.5. The lowest BCUT2D eigenvalue weighted by Gasteiger charge is -2.35. The molecule has 0 spiro atoms. The fourth-order valence-corrected chi connectivity index (χ4v) is 14.8. The molecular weight excluding hydrogens is 1120 g/mol. The summed E-state index contributed by atoms with van der Waals surface area (Å²) in [4.78, 5) is 120. The highest BCUT2D eigenvalue weighted by Gasteiger charge is 2.64. The molecule has 0 saturated carbocycles. The second-order valence-electron chi connectivity index (χ2n) is 21.5. The van der Waals surface area contributed by atoms with E-state index in [4.69, 9.17) is 18.9 Å². The number of carbonyl (C=O) groups excluding carboxylic acids is 8. The van der Waals surface area contributed by atoms with Gasteiger partial charge in [-0.15, -0.1) is 22.7 Å². The Bertz CT molecular complexity index is 3990. The molecule has 0 N–H and O–H groups in total. The van der Waals surface area contributed by atoms with Gasteiger partial charge in [0, 0.05) is 64.7 Å². The monoisotopic (exact) mass is 1170 g/mol. The Morgan fingerprint density at radius 1 is 0.372 bits per heavy atom. The Balaban J connectivity index is 0.950. The van der Waals surface area contributed by atoms with E-state index in [0.29, 0.717) is 52.9 Å². The van der Waals surface area contributed by atoms with Crippen LogP contribution in [0, 0.1) is 11.8 Å². The fourth-order valence-electron chi connectivity index (χ4n) is 12.4. The molecule has 12 nitrogen and oxygen atoms in total. The summed E-state index contributed by atoms with van der Waals surface area (Å²) in [7, 11) is 0. The average Bonchev–Trinajstić information content (AvgIpc) is 1.57. The Kier molecular flexibility index (Phi) is 13.4. The van der Waals surface area contributed by atoms with Crippen molar-refractivity contribution in [2.24, 2.45) is 11.8 Å². The van der Waals surface area contributed by atoms with Crippen LogP contribution < -0.4 is 0 Å². The highest BCUT2D eigenvalue weighted by Crippen LogP contribution is 2.62. The Morgan fingerprint density at radius 2 is 0.640 bits per heavy atom. The summed E-state index contributed by atoms with van der Waals surface area (Å²) in [6.45, 7) is -0.812. The predicted molar refractivity (Wildman–Crippen MR) is 322 cm³/mol. The average molecular weight is 1170 g/mol. The van der Waals surface area contributed by atoms with Crippen molar-refractivity contribution in [3.05, 3.63) is 304 Å². The van der Waals surface area contributed by atoms with Gasteiger partial charge in [-0.3, -0.25) is 38.4 Å². The second kappa shape index (κ2) is 21.4. The summed E-state index contributed by atoms with van der Waals surface area (Å²) in [5, 5.41) is 0. The Labute approximate surface area is 500 Å². The highest BCUT2D eigenvalue weighted by atomic mass is 32.1. The summed E-state index contributed by atoms with van der Waals surface area (Å²) in [5.74, 6) is -6.87. The highest BCUT2D eigenvalue weighted by molar-refractivity contribution is 7.15. The summed E-state index contributed by atoms with van der Waals surface area (Å²) in [5.41, 5.74) is 0.908. The van der Waals surface area contributed by atoms with E-state index in [-0.39, 0.29) is 82.1 Å². The van der Waals surface area contributed by atoms with E-state index in [1.54, 1.807) is 109 Å². The van der Waals surface area contributed by atoms with Gasteiger partial charge in [0.2, 0.25) is 10.8 Å². The van der Waals surface area contributed by atoms with Crippen LogP contribution in [0.25, 0.3) is 23.3 Å². The lowest BCUT2D eigenvalue weighted by molar-refractivity contribution is -0.166. The molecule has 2 unspecified atom stereocenters. The molecule has 2 heterocycles. The van der Waals surface area contributed by atoms with Crippen LogP contribution in [0.15, 0.2) is 229 Å². The molecule has 6 aromatic carbocycles. The van der Waals surface area contributed by atoms with Gasteiger partial charge in [-0.1, -0.05) is 194 Å². The van der Waals surface area contributed by atoms with Crippen LogP contribution in [0.3, 0.4) is 0 Å². The lowest BCUT2D eigenvalue weighted by atomic mass is 9.68. The van der Waals surface area contributed by atoms with Gasteiger partial charge in [0.1, 0.15) is 26.4 Å². The van der Waals surface area contributed by atoms with Gasteiger partial charge in [0.25, 0.3) is 0 Å². The number of allylic oxidation sites excluding steroid dienone is 8. The summed E-state index contributed by atoms with van der Waals surface area (Å²) in [6, 6.07) is 52.6. The minimum absolute atomic E-state index is 0.0765. The summed E-state index contributed by atoms with van der Waals surface area (Å²) in [6.07, 6.45) is 10.5. The van der Waals surface area contributed by atoms with Crippen LogP contribution in [0.1, 0.15) is 94.3 Å². The summed E-state index contributed by atoms with van der Waals surface area (Å²) >= 11 is 2.36. The quantitative estimate of drug-likeness (QED) is 0.0332. The zero-order valence-corrected chi connectivity index (χ0v) is 47.1. The maximum atomic E-state index is 15.7. The SMILES string of the molecule is O=C1C(=Cc2cc3c(s2)C2=CC4C=C5C(=CC4C=C2C3(C(=O)OCc2ccccc2)C(=O)OCc2ccccc2)c2sc(C=C3C(=O)c4ccccc4C3=O)cc2C5(C(=O)OCc2ccccc2)C(=O)OCc2ccccc2)C(=O)c2ccccc21. The van der Waals surface area contributed by atoms with Crippen LogP contribution in [0.2, 0.25) is 0 Å². The number of carbonyl (C=O) groups is 8. The minimum Gasteiger partial charge on any atom is -0.459 e. The van der Waals surface area contributed by atoms with Crippen LogP contribution in [-0.4, -0.2) is 47.0 Å². The number of benzene rings is 6. The number of ether oxygens (including phenoxy) is 4. The molecule has 8 aromatic rings. The molecule has 0 bridgehead atoms. The maximum absolute atomic E-state index is 15.7. The first-order valence-corrected chi connectivity index (χ1v) is 29.4. The second-order valence-corrected chi connectivity index (χ2v) is 23.7. The third-order valence-electron chi connectivity index (χ3n) is 16.5. The van der Waals surface area contributed by atoms with Crippen molar-refractivity contribution >= 4 is 93.0 Å². The third kappa shape index (κ3) is 8.70. The van der Waals surface area contributed by atoms with Crippen molar-refractivity contribution in [3.8, 4) is 0 Å². The van der Waals surface area contributed by atoms with E-state index in [2.05, 4.69) is 0 Å². The first-order valence-electron chi connectivity index (χ1n) is 27.8. The van der Waals surface area contributed by atoms with E-state index >= 15 is 19.2 Å². The number of hydrogen-bond acceptors (Lipinski definition) is 14. The van der Waals surface area contributed by atoms with Crippen LogP contribution in [-0.2, 0) is 75.4 Å². The van der Waals surface area contributed by atoms with Gasteiger partial charge < -0.3 is 18.9 Å². The summed E-state index contributed by atoms with van der Waals surface area (Å²) < 4.78 is 25.0. The number of rotatable bonds is 14. The smallest absolute Gasteiger partial charge is 0.333 e. The van der Waals surface area contributed by atoms with E-state index in [9.17, 15) is 19.2 Å². The molecular formula is C72H46O12S2. The van der Waals surface area contributed by atoms with Crippen LogP contribution in [0.5, 0.6) is 0 Å². The Hall–Kier alpha value is -10.3. The van der Waals surface area contributed by atoms with Gasteiger partial charge in [0.05, 0.1) is 11.1 Å². The molecule has 0 fully saturated rings. The molecule has 86 heavy (non-hydrogen) atoms. The van der Waals surface area contributed by atoms with E-state index in [0.717, 1.165) is 0 Å². The van der Waals surface area contributed by atoms with Gasteiger partial charge in [-0.05, 0) is 68.8 Å². The maximum Gasteiger partial charge on any atom is 0.333 e. The number of Topliss-reactive ketones (excluding diaryl/α,β-unsaturated/α-hetero) is 4. The van der Waals surface area contributed by atoms with Gasteiger partial charge in [-0.2, -0.15) is 0 Å². The van der Waals surface area contributed by atoms with E-state index < -0.39 is 69.7 Å². The standard InChI is InChI=1S/C72H46O12S2/c73-61-49-25-13-14-26-50(49)62(74)55(61)33-47-35-59-65(85-47)53-29-46-32-58-54(30-45(46)31-57(53)71(59,67(77)81-37-41-17-5-1-6-18-41)68(78)82-38-42-19-7-2-8-20-42)66-60(36-48(86-66)34-56-63(75)51-27-15-16-28-52(51)64(56)76)72(58,69(79)83-39-43-21-9-3-10-22-43)70(80)84-40-44-23-11-4-12-24-44/h1-36,45-46H,37-40H2. The van der Waals surface area contributed by atoms with E-state index in [1.807, 2.05) is 97.1 Å². The minimum atomic E-state index is -2.27. The van der Waals surface area contributed by atoms with Gasteiger partial charge in [0.15, 0.2) is 23.1 Å². The van der Waals surface area contributed by atoms with Gasteiger partial charge >= 0.3 is 23.9 Å². The van der Waals surface area contributed by atoms with Crippen molar-refractivity contribution in [1.29, 1.82) is 0 Å². The number of fused-ring (bicyclic) bond motifs is 9. The molecule has 418 valence electrons. The normalized spacial score (nSPS) is 17.7. The van der Waals surface area contributed by atoms with Crippen LogP contribution >= 0.6 is 22.7 Å². The molecule has 0 saturated heterocycles. The zero-order chi connectivity index (χ0) is 58.8. The first-order chi connectivity index (χ1) is 41.9. The molecule has 6 aliphatic carbocycles. The number of thiophene rings is 2.